The number of benzene rings is 3. The second kappa shape index (κ2) is 14.2. The van der Waals surface area contributed by atoms with Gasteiger partial charge < -0.3 is 15.4 Å². The highest BCUT2D eigenvalue weighted by Gasteiger charge is 2.26. The van der Waals surface area contributed by atoms with Gasteiger partial charge in [-0.3, -0.25) is 10.1 Å². The SMILES string of the molecule is NC(=O)N(O)CCCOc1ccc(CCCN2CCN([C@@H](c3ccccc3)c3ccc(Cl)cc3)CC2)cc1. The van der Waals surface area contributed by atoms with Crippen molar-refractivity contribution in [1.29, 1.82) is 0 Å². The van der Waals surface area contributed by atoms with E-state index in [0.29, 0.717) is 18.1 Å². The first kappa shape index (κ1) is 27.9. The topological polar surface area (TPSA) is 82.3 Å². The molecule has 202 valence electrons. The van der Waals surface area contributed by atoms with Gasteiger partial charge in [0.05, 0.1) is 19.2 Å². The zero-order valence-corrected chi connectivity index (χ0v) is 22.5. The summed E-state index contributed by atoms with van der Waals surface area (Å²) in [5.41, 5.74) is 8.87. The molecule has 1 heterocycles. The number of nitrogens with zero attached hydrogens (tertiary/aromatic N) is 3. The Morgan fingerprint density at radius 1 is 0.921 bits per heavy atom. The molecule has 1 atom stereocenters. The summed E-state index contributed by atoms with van der Waals surface area (Å²) < 4.78 is 5.68. The minimum atomic E-state index is -0.856. The van der Waals surface area contributed by atoms with E-state index in [9.17, 15) is 10.0 Å². The Morgan fingerprint density at radius 2 is 1.58 bits per heavy atom. The van der Waals surface area contributed by atoms with Crippen LogP contribution >= 0.6 is 11.6 Å². The molecule has 1 saturated heterocycles. The highest BCUT2D eigenvalue weighted by atomic mass is 35.5. The number of carbonyl (C=O) groups is 1. The van der Waals surface area contributed by atoms with Gasteiger partial charge in [0.1, 0.15) is 5.75 Å². The monoisotopic (exact) mass is 536 g/mol. The lowest BCUT2D eigenvalue weighted by Crippen LogP contribution is -2.48. The molecule has 38 heavy (non-hydrogen) atoms. The molecule has 0 spiro atoms. The standard InChI is InChI=1S/C30H37ClN4O3/c31-27-13-11-26(12-14-27)29(25-7-2-1-3-8-25)34-21-19-33(20-22-34)17-4-6-24-9-15-28(16-10-24)38-23-5-18-35(37)30(32)36/h1-3,7-16,29,37H,4-6,17-23H2,(H2,32,36)/t29-/m0/s1. The van der Waals surface area contributed by atoms with Crippen molar-refractivity contribution in [2.24, 2.45) is 5.73 Å². The molecule has 3 N–H and O–H groups in total. The lowest BCUT2D eigenvalue weighted by molar-refractivity contribution is -0.0418. The van der Waals surface area contributed by atoms with Crippen molar-refractivity contribution in [2.75, 3.05) is 45.9 Å². The number of rotatable bonds is 12. The molecule has 0 aromatic heterocycles. The summed E-state index contributed by atoms with van der Waals surface area (Å²) in [4.78, 5) is 15.9. The second-order valence-corrected chi connectivity index (χ2v) is 10.1. The number of carbonyl (C=O) groups excluding carboxylic acids is 1. The summed E-state index contributed by atoms with van der Waals surface area (Å²) in [5.74, 6) is 0.780. The van der Waals surface area contributed by atoms with Gasteiger partial charge in [0, 0.05) is 37.6 Å². The number of nitrogens with two attached hydrogens (primary N) is 1. The number of hydroxylamine groups is 2. The van der Waals surface area contributed by atoms with Crippen LogP contribution in [0.3, 0.4) is 0 Å². The molecule has 2 amide bonds. The Morgan fingerprint density at radius 3 is 2.24 bits per heavy atom. The molecule has 0 bridgehead atoms. The Labute approximate surface area is 230 Å². The predicted octanol–water partition coefficient (Wildman–Crippen LogP) is 5.22. The first-order chi connectivity index (χ1) is 18.5. The van der Waals surface area contributed by atoms with E-state index < -0.39 is 6.03 Å². The van der Waals surface area contributed by atoms with Crippen LogP contribution in [-0.2, 0) is 6.42 Å². The van der Waals surface area contributed by atoms with E-state index in [1.165, 1.54) is 16.7 Å². The summed E-state index contributed by atoms with van der Waals surface area (Å²) in [6.07, 6.45) is 2.63. The Kier molecular flexibility index (Phi) is 10.4. The molecule has 3 aromatic carbocycles. The summed E-state index contributed by atoms with van der Waals surface area (Å²) >= 11 is 6.16. The molecule has 4 rings (SSSR count). The van der Waals surface area contributed by atoms with Gasteiger partial charge in [0.15, 0.2) is 0 Å². The minimum absolute atomic E-state index is 0.149. The van der Waals surface area contributed by atoms with Gasteiger partial charge in [-0.1, -0.05) is 66.2 Å². The maximum atomic E-state index is 10.8. The Balaban J connectivity index is 1.20. The van der Waals surface area contributed by atoms with Crippen LogP contribution in [0.4, 0.5) is 4.79 Å². The molecule has 1 aliphatic rings. The summed E-state index contributed by atoms with van der Waals surface area (Å²) in [6.45, 7) is 5.81. The van der Waals surface area contributed by atoms with Gasteiger partial charge in [0.2, 0.25) is 0 Å². The van der Waals surface area contributed by atoms with Crippen LogP contribution < -0.4 is 10.5 Å². The van der Waals surface area contributed by atoms with Crippen molar-refractivity contribution in [3.8, 4) is 5.75 Å². The maximum Gasteiger partial charge on any atom is 0.338 e. The average Bonchev–Trinajstić information content (AvgIpc) is 2.94. The lowest BCUT2D eigenvalue weighted by Gasteiger charge is -2.40. The van der Waals surface area contributed by atoms with E-state index in [1.807, 2.05) is 24.3 Å². The fourth-order valence-electron chi connectivity index (χ4n) is 4.91. The van der Waals surface area contributed by atoms with E-state index in [0.717, 1.165) is 56.3 Å². The van der Waals surface area contributed by atoms with E-state index in [-0.39, 0.29) is 12.6 Å². The van der Waals surface area contributed by atoms with Crippen LogP contribution in [0.1, 0.15) is 35.6 Å². The Hall–Kier alpha value is -3.10. The van der Waals surface area contributed by atoms with Crippen LogP contribution in [0.25, 0.3) is 0 Å². The number of amides is 2. The summed E-state index contributed by atoms with van der Waals surface area (Å²) in [5, 5.41) is 10.5. The zero-order valence-electron chi connectivity index (χ0n) is 21.7. The molecule has 0 aliphatic carbocycles. The summed E-state index contributed by atoms with van der Waals surface area (Å²) in [7, 11) is 0. The molecule has 0 unspecified atom stereocenters. The number of piperazine rings is 1. The molecule has 0 saturated carbocycles. The first-order valence-corrected chi connectivity index (χ1v) is 13.6. The molecule has 8 heteroatoms. The fraction of sp³-hybridized carbons (Fsp3) is 0.367. The number of aryl methyl sites for hydroxylation is 1. The minimum Gasteiger partial charge on any atom is -0.494 e. The largest absolute Gasteiger partial charge is 0.494 e. The van der Waals surface area contributed by atoms with Crippen molar-refractivity contribution in [2.45, 2.75) is 25.3 Å². The molecule has 1 fully saturated rings. The van der Waals surface area contributed by atoms with E-state index in [1.54, 1.807) is 0 Å². The maximum absolute atomic E-state index is 10.8. The molecule has 3 aromatic rings. The van der Waals surface area contributed by atoms with Crippen molar-refractivity contribution < 1.29 is 14.7 Å². The normalized spacial score (nSPS) is 15.2. The number of primary amides is 1. The predicted molar refractivity (Wildman–Crippen MR) is 151 cm³/mol. The molecule has 0 radical (unpaired) electrons. The number of ether oxygens (including phenoxy) is 1. The van der Waals surface area contributed by atoms with Crippen LogP contribution in [0.15, 0.2) is 78.9 Å². The smallest absolute Gasteiger partial charge is 0.338 e. The number of halogens is 1. The van der Waals surface area contributed by atoms with Crippen molar-refractivity contribution in [1.82, 2.24) is 14.9 Å². The van der Waals surface area contributed by atoms with Crippen molar-refractivity contribution in [3.63, 3.8) is 0 Å². The van der Waals surface area contributed by atoms with Crippen LogP contribution in [0.5, 0.6) is 5.75 Å². The van der Waals surface area contributed by atoms with Crippen LogP contribution in [-0.4, -0.2) is 72.0 Å². The molecular formula is C30H37ClN4O3. The van der Waals surface area contributed by atoms with Gasteiger partial charge >= 0.3 is 6.03 Å². The third kappa shape index (κ3) is 8.20. The zero-order chi connectivity index (χ0) is 26.7. The first-order valence-electron chi connectivity index (χ1n) is 13.2. The van der Waals surface area contributed by atoms with Gasteiger partial charge in [-0.2, -0.15) is 0 Å². The number of hydrogen-bond acceptors (Lipinski definition) is 5. The number of urea groups is 1. The molecule has 1 aliphatic heterocycles. The second-order valence-electron chi connectivity index (χ2n) is 9.65. The van der Waals surface area contributed by atoms with Gasteiger partial charge in [-0.15, -0.1) is 0 Å². The van der Waals surface area contributed by atoms with E-state index in [4.69, 9.17) is 22.1 Å². The van der Waals surface area contributed by atoms with Gasteiger partial charge in [-0.05, 0) is 60.3 Å². The average molecular weight is 537 g/mol. The van der Waals surface area contributed by atoms with Crippen LogP contribution in [0, 0.1) is 0 Å². The molecular weight excluding hydrogens is 500 g/mol. The highest BCUT2D eigenvalue weighted by molar-refractivity contribution is 6.30. The number of hydrogen-bond donors (Lipinski definition) is 2. The van der Waals surface area contributed by atoms with E-state index in [2.05, 4.69) is 64.4 Å². The fourth-order valence-corrected chi connectivity index (χ4v) is 5.04. The Bertz CT molecular complexity index is 1120. The van der Waals surface area contributed by atoms with Gasteiger partial charge in [-0.25, -0.2) is 9.86 Å². The van der Waals surface area contributed by atoms with Crippen LogP contribution in [0.2, 0.25) is 5.02 Å². The van der Waals surface area contributed by atoms with E-state index >= 15 is 0 Å². The highest BCUT2D eigenvalue weighted by Crippen LogP contribution is 2.30. The van der Waals surface area contributed by atoms with Crippen molar-refractivity contribution in [3.05, 3.63) is 101 Å². The van der Waals surface area contributed by atoms with Gasteiger partial charge in [0.25, 0.3) is 0 Å². The summed E-state index contributed by atoms with van der Waals surface area (Å²) in [6, 6.07) is 26.5. The third-order valence-corrected chi connectivity index (χ3v) is 7.23. The van der Waals surface area contributed by atoms with Crippen molar-refractivity contribution >= 4 is 17.6 Å². The quantitative estimate of drug-likeness (QED) is 0.188. The molecule has 7 nitrogen and oxygen atoms in total. The lowest BCUT2D eigenvalue weighted by atomic mass is 9.96. The third-order valence-electron chi connectivity index (χ3n) is 6.97.